The van der Waals surface area contributed by atoms with E-state index in [1.165, 1.54) is 0 Å². The summed E-state index contributed by atoms with van der Waals surface area (Å²) in [4.78, 5) is 0.364. The monoisotopic (exact) mass is 319 g/mol. The van der Waals surface area contributed by atoms with Crippen molar-refractivity contribution in [2.75, 3.05) is 26.8 Å². The highest BCUT2D eigenvalue weighted by Crippen LogP contribution is 2.28. The molecule has 0 fully saturated rings. The van der Waals surface area contributed by atoms with Crippen molar-refractivity contribution in [3.8, 4) is 0 Å². The van der Waals surface area contributed by atoms with Crippen LogP contribution in [0.3, 0.4) is 0 Å². The van der Waals surface area contributed by atoms with Gasteiger partial charge in [0.1, 0.15) is 4.83 Å². The molecule has 0 aromatic rings. The molecule has 0 aliphatic rings. The quantitative estimate of drug-likeness (QED) is 0.635. The second kappa shape index (κ2) is 8.32. The molecule has 0 aromatic carbocycles. The van der Waals surface area contributed by atoms with Crippen LogP contribution in [0.5, 0.6) is 0 Å². The summed E-state index contributed by atoms with van der Waals surface area (Å²) < 4.78 is 42.4. The van der Waals surface area contributed by atoms with E-state index in [-0.39, 0.29) is 12.6 Å². The molecule has 0 saturated heterocycles. The van der Waals surface area contributed by atoms with Crippen molar-refractivity contribution in [2.24, 2.45) is 0 Å². The van der Waals surface area contributed by atoms with Crippen molar-refractivity contribution >= 4 is 15.9 Å². The minimum atomic E-state index is -4.20. The first-order valence-electron chi connectivity index (χ1n) is 5.80. The standard InChI is InChI=1S/C11H21BrF3NO/c1-4-9(5-2)16(6-7-17-3)8-10(12)11(13,14)15/h9-10H,4-8H2,1-3H3. The van der Waals surface area contributed by atoms with Gasteiger partial charge in [0.15, 0.2) is 0 Å². The Balaban J connectivity index is 4.46. The zero-order valence-electron chi connectivity index (χ0n) is 10.6. The van der Waals surface area contributed by atoms with Crippen LogP contribution in [-0.2, 0) is 4.74 Å². The Kier molecular flexibility index (Phi) is 8.41. The van der Waals surface area contributed by atoms with Gasteiger partial charge < -0.3 is 4.74 Å². The second-order valence-corrected chi connectivity index (χ2v) is 5.07. The van der Waals surface area contributed by atoms with Crippen molar-refractivity contribution in [3.63, 3.8) is 0 Å². The Labute approximate surface area is 110 Å². The summed E-state index contributed by atoms with van der Waals surface area (Å²) >= 11 is 2.71. The lowest BCUT2D eigenvalue weighted by atomic mass is 10.1. The molecule has 0 amide bonds. The lowest BCUT2D eigenvalue weighted by Crippen LogP contribution is -2.44. The highest BCUT2D eigenvalue weighted by atomic mass is 79.9. The maximum Gasteiger partial charge on any atom is 0.402 e. The molecule has 0 saturated carbocycles. The van der Waals surface area contributed by atoms with E-state index in [0.29, 0.717) is 13.2 Å². The van der Waals surface area contributed by atoms with E-state index in [0.717, 1.165) is 12.8 Å². The molecular formula is C11H21BrF3NO. The van der Waals surface area contributed by atoms with Crippen molar-refractivity contribution in [1.82, 2.24) is 4.90 Å². The minimum absolute atomic E-state index is 0.0286. The first-order chi connectivity index (χ1) is 7.86. The lowest BCUT2D eigenvalue weighted by molar-refractivity contribution is -0.132. The molecule has 0 spiro atoms. The van der Waals surface area contributed by atoms with Gasteiger partial charge in [-0.3, -0.25) is 4.90 Å². The zero-order valence-corrected chi connectivity index (χ0v) is 12.1. The molecule has 17 heavy (non-hydrogen) atoms. The van der Waals surface area contributed by atoms with Gasteiger partial charge in [-0.2, -0.15) is 13.2 Å². The maximum absolute atomic E-state index is 12.5. The van der Waals surface area contributed by atoms with Gasteiger partial charge in [-0.25, -0.2) is 0 Å². The number of hydrogen-bond donors (Lipinski definition) is 0. The largest absolute Gasteiger partial charge is 0.402 e. The number of methoxy groups -OCH3 is 1. The Hall–Kier alpha value is 0.190. The molecule has 0 bridgehead atoms. The van der Waals surface area contributed by atoms with Gasteiger partial charge in [0.25, 0.3) is 0 Å². The summed E-state index contributed by atoms with van der Waals surface area (Å²) in [7, 11) is 1.56. The molecule has 0 radical (unpaired) electrons. The molecule has 0 heterocycles. The van der Waals surface area contributed by atoms with E-state index in [1.807, 2.05) is 18.7 Å². The Morgan fingerprint density at radius 1 is 1.24 bits per heavy atom. The van der Waals surface area contributed by atoms with Crippen LogP contribution in [0, 0.1) is 0 Å². The van der Waals surface area contributed by atoms with E-state index in [9.17, 15) is 13.2 Å². The smallest absolute Gasteiger partial charge is 0.383 e. The molecule has 104 valence electrons. The average molecular weight is 320 g/mol. The van der Waals surface area contributed by atoms with Crippen molar-refractivity contribution in [1.29, 1.82) is 0 Å². The third-order valence-corrected chi connectivity index (χ3v) is 3.60. The van der Waals surface area contributed by atoms with E-state index < -0.39 is 11.0 Å². The summed E-state index contributed by atoms with van der Waals surface area (Å²) in [6.45, 7) is 4.93. The van der Waals surface area contributed by atoms with Crippen LogP contribution in [0.1, 0.15) is 26.7 Å². The number of nitrogens with zero attached hydrogens (tertiary/aromatic N) is 1. The van der Waals surface area contributed by atoms with Crippen LogP contribution in [-0.4, -0.2) is 48.8 Å². The zero-order chi connectivity index (χ0) is 13.5. The van der Waals surface area contributed by atoms with Gasteiger partial charge >= 0.3 is 6.18 Å². The lowest BCUT2D eigenvalue weighted by Gasteiger charge is -2.32. The Morgan fingerprint density at radius 3 is 2.12 bits per heavy atom. The number of rotatable bonds is 8. The highest BCUT2D eigenvalue weighted by molar-refractivity contribution is 9.09. The van der Waals surface area contributed by atoms with Gasteiger partial charge in [-0.15, -0.1) is 0 Å². The fourth-order valence-corrected chi connectivity index (χ4v) is 2.12. The summed E-state index contributed by atoms with van der Waals surface area (Å²) in [5.41, 5.74) is 0. The van der Waals surface area contributed by atoms with E-state index >= 15 is 0 Å². The van der Waals surface area contributed by atoms with Crippen LogP contribution in [0.4, 0.5) is 13.2 Å². The predicted octanol–water partition coefficient (Wildman–Crippen LogP) is 3.45. The number of alkyl halides is 4. The van der Waals surface area contributed by atoms with Gasteiger partial charge in [-0.1, -0.05) is 29.8 Å². The molecule has 0 aliphatic heterocycles. The van der Waals surface area contributed by atoms with Gasteiger partial charge in [0.05, 0.1) is 6.61 Å². The summed E-state index contributed by atoms with van der Waals surface area (Å²) in [5.74, 6) is 0. The van der Waals surface area contributed by atoms with Crippen molar-refractivity contribution in [2.45, 2.75) is 43.7 Å². The third kappa shape index (κ3) is 6.62. The van der Waals surface area contributed by atoms with Gasteiger partial charge in [0.2, 0.25) is 0 Å². The van der Waals surface area contributed by atoms with Gasteiger partial charge in [0, 0.05) is 26.2 Å². The van der Waals surface area contributed by atoms with E-state index in [4.69, 9.17) is 4.74 Å². The fourth-order valence-electron chi connectivity index (χ4n) is 1.75. The molecule has 1 atom stereocenters. The molecule has 0 aliphatic carbocycles. The molecule has 0 rings (SSSR count). The van der Waals surface area contributed by atoms with Crippen LogP contribution >= 0.6 is 15.9 Å². The van der Waals surface area contributed by atoms with Crippen LogP contribution in [0.2, 0.25) is 0 Å². The van der Waals surface area contributed by atoms with Crippen molar-refractivity contribution < 1.29 is 17.9 Å². The average Bonchev–Trinajstić information content (AvgIpc) is 2.25. The van der Waals surface area contributed by atoms with Crippen molar-refractivity contribution in [3.05, 3.63) is 0 Å². The maximum atomic E-state index is 12.5. The first kappa shape index (κ1) is 17.2. The first-order valence-corrected chi connectivity index (χ1v) is 6.72. The number of halogens is 4. The van der Waals surface area contributed by atoms with E-state index in [1.54, 1.807) is 7.11 Å². The normalized spacial score (nSPS) is 14.6. The summed E-state index contributed by atoms with van der Waals surface area (Å²) in [6.07, 6.45) is -2.51. The topological polar surface area (TPSA) is 12.5 Å². The summed E-state index contributed by atoms with van der Waals surface area (Å²) in [5, 5.41) is 0. The molecule has 1 unspecified atom stereocenters. The second-order valence-electron chi connectivity index (χ2n) is 3.97. The van der Waals surface area contributed by atoms with Gasteiger partial charge in [-0.05, 0) is 12.8 Å². The highest BCUT2D eigenvalue weighted by Gasteiger charge is 2.39. The van der Waals surface area contributed by atoms with E-state index in [2.05, 4.69) is 15.9 Å². The molecule has 6 heteroatoms. The molecule has 0 N–H and O–H groups in total. The Morgan fingerprint density at radius 2 is 1.76 bits per heavy atom. The van der Waals surface area contributed by atoms with Crippen LogP contribution in [0.25, 0.3) is 0 Å². The SMILES string of the molecule is CCC(CC)N(CCOC)CC(Br)C(F)(F)F. The minimum Gasteiger partial charge on any atom is -0.383 e. The fraction of sp³-hybridized carbons (Fsp3) is 1.00. The molecule has 2 nitrogen and oxygen atoms in total. The van der Waals surface area contributed by atoms with Crippen LogP contribution < -0.4 is 0 Å². The summed E-state index contributed by atoms with van der Waals surface area (Å²) in [6, 6.07) is 0.174. The van der Waals surface area contributed by atoms with Crippen LogP contribution in [0.15, 0.2) is 0 Å². The predicted molar refractivity (Wildman–Crippen MR) is 66.6 cm³/mol. The molecule has 0 aromatic heterocycles. The number of ether oxygens (including phenoxy) is 1. The Bertz CT molecular complexity index is 198. The molecular weight excluding hydrogens is 299 g/mol. The third-order valence-electron chi connectivity index (χ3n) is 2.79. The number of hydrogen-bond acceptors (Lipinski definition) is 2.